The molecule has 0 spiro atoms. The predicted octanol–water partition coefficient (Wildman–Crippen LogP) is 4.18. The highest BCUT2D eigenvalue weighted by atomic mass is 16.3. The van der Waals surface area contributed by atoms with Gasteiger partial charge in [-0.1, -0.05) is 48.5 Å². The van der Waals surface area contributed by atoms with Crippen molar-refractivity contribution in [2.45, 2.75) is 38.1 Å². The fourth-order valence-corrected chi connectivity index (χ4v) is 4.66. The van der Waals surface area contributed by atoms with Crippen molar-refractivity contribution in [3.8, 4) is 0 Å². The summed E-state index contributed by atoms with van der Waals surface area (Å²) < 4.78 is 2.25. The van der Waals surface area contributed by atoms with E-state index >= 15 is 0 Å². The number of rotatable bonds is 8. The number of carbonyl (C=O) groups is 1. The smallest absolute Gasteiger partial charge is 0.251 e. The van der Waals surface area contributed by atoms with E-state index in [9.17, 15) is 9.90 Å². The number of hydrogen-bond acceptors (Lipinski definition) is 3. The Bertz CT molecular complexity index is 1190. The summed E-state index contributed by atoms with van der Waals surface area (Å²) in [6.45, 7) is 1.97. The molecular formula is C27H29N3O2. The molecule has 1 amide bonds. The fourth-order valence-electron chi connectivity index (χ4n) is 4.66. The Balaban J connectivity index is 1.33. The number of carbonyl (C=O) groups excluding carboxylic acids is 1. The van der Waals surface area contributed by atoms with E-state index in [0.29, 0.717) is 24.7 Å². The van der Waals surface area contributed by atoms with Crippen LogP contribution < -0.4 is 5.32 Å². The van der Waals surface area contributed by atoms with E-state index in [4.69, 9.17) is 0 Å². The van der Waals surface area contributed by atoms with Gasteiger partial charge in [-0.3, -0.25) is 9.69 Å². The summed E-state index contributed by atoms with van der Waals surface area (Å²) in [4.78, 5) is 14.2. The molecule has 32 heavy (non-hydrogen) atoms. The van der Waals surface area contributed by atoms with Crippen molar-refractivity contribution in [3.63, 3.8) is 0 Å². The van der Waals surface area contributed by atoms with Crippen LogP contribution in [-0.4, -0.2) is 46.2 Å². The summed E-state index contributed by atoms with van der Waals surface area (Å²) in [6.07, 6.45) is 1.89. The van der Waals surface area contributed by atoms with Crippen LogP contribution in [0, 0.1) is 0 Å². The molecule has 0 bridgehead atoms. The predicted molar refractivity (Wildman–Crippen MR) is 129 cm³/mol. The minimum absolute atomic E-state index is 0.0720. The average Bonchev–Trinajstić information content (AvgIpc) is 3.63. The molecule has 2 N–H and O–H groups in total. The first-order valence-corrected chi connectivity index (χ1v) is 11.3. The fraction of sp³-hybridized carbons (Fsp3) is 0.296. The van der Waals surface area contributed by atoms with E-state index in [-0.39, 0.29) is 5.91 Å². The Labute approximate surface area is 188 Å². The van der Waals surface area contributed by atoms with E-state index in [0.717, 1.165) is 23.1 Å². The molecule has 5 rings (SSSR count). The second-order valence-electron chi connectivity index (χ2n) is 8.74. The monoisotopic (exact) mass is 427 g/mol. The topological polar surface area (TPSA) is 57.5 Å². The zero-order valence-corrected chi connectivity index (χ0v) is 18.4. The van der Waals surface area contributed by atoms with Crippen LogP contribution in [0.15, 0.2) is 72.8 Å². The molecule has 5 heteroatoms. The van der Waals surface area contributed by atoms with Crippen molar-refractivity contribution >= 4 is 27.7 Å². The molecule has 1 aromatic heterocycles. The van der Waals surface area contributed by atoms with Crippen molar-refractivity contribution in [1.82, 2.24) is 14.8 Å². The molecule has 164 valence electrons. The van der Waals surface area contributed by atoms with Gasteiger partial charge in [0, 0.05) is 53.5 Å². The molecule has 4 aromatic rings. The van der Waals surface area contributed by atoms with Gasteiger partial charge in [0.2, 0.25) is 0 Å². The van der Waals surface area contributed by atoms with E-state index < -0.39 is 6.10 Å². The van der Waals surface area contributed by atoms with E-state index in [1.165, 1.54) is 23.6 Å². The lowest BCUT2D eigenvalue weighted by molar-refractivity contribution is 0.0922. The number of aromatic nitrogens is 1. The number of nitrogens with one attached hydrogen (secondary N) is 1. The zero-order valence-electron chi connectivity index (χ0n) is 18.4. The Morgan fingerprint density at radius 2 is 1.59 bits per heavy atom. The maximum Gasteiger partial charge on any atom is 0.251 e. The van der Waals surface area contributed by atoms with Crippen LogP contribution in [0.4, 0.5) is 0 Å². The summed E-state index contributed by atoms with van der Waals surface area (Å²) in [5.74, 6) is -0.0720. The van der Waals surface area contributed by atoms with Gasteiger partial charge in [-0.25, -0.2) is 0 Å². The van der Waals surface area contributed by atoms with E-state index in [1.54, 1.807) is 7.05 Å². The first kappa shape index (κ1) is 20.7. The third kappa shape index (κ3) is 4.14. The number of hydrogen-bond donors (Lipinski definition) is 2. The molecule has 1 heterocycles. The van der Waals surface area contributed by atoms with Gasteiger partial charge < -0.3 is 15.0 Å². The SMILES string of the molecule is CNC(=O)c1ccc(CN(C[C@@H](O)Cn2c3ccccc3c3ccccc32)C2CC2)cc1. The Morgan fingerprint density at radius 3 is 2.16 bits per heavy atom. The van der Waals surface area contributed by atoms with Gasteiger partial charge in [-0.15, -0.1) is 0 Å². The van der Waals surface area contributed by atoms with Crippen LogP contribution in [-0.2, 0) is 13.1 Å². The Morgan fingerprint density at radius 1 is 1.00 bits per heavy atom. The number of nitrogens with zero attached hydrogens (tertiary/aromatic N) is 2. The number of aliphatic hydroxyl groups excluding tert-OH is 1. The van der Waals surface area contributed by atoms with Crippen LogP contribution in [0.3, 0.4) is 0 Å². The van der Waals surface area contributed by atoms with Crippen molar-refractivity contribution in [1.29, 1.82) is 0 Å². The van der Waals surface area contributed by atoms with Gasteiger partial charge in [-0.2, -0.15) is 0 Å². The maximum absolute atomic E-state index is 11.8. The lowest BCUT2D eigenvalue weighted by Crippen LogP contribution is -2.36. The van der Waals surface area contributed by atoms with E-state index in [1.807, 2.05) is 24.3 Å². The number of fused-ring (bicyclic) bond motifs is 3. The molecule has 5 nitrogen and oxygen atoms in total. The minimum atomic E-state index is -0.472. The molecule has 3 aromatic carbocycles. The quantitative estimate of drug-likeness (QED) is 0.444. The zero-order chi connectivity index (χ0) is 22.1. The highest BCUT2D eigenvalue weighted by molar-refractivity contribution is 6.07. The highest BCUT2D eigenvalue weighted by Gasteiger charge is 2.30. The highest BCUT2D eigenvalue weighted by Crippen LogP contribution is 2.31. The molecule has 1 fully saturated rings. The summed E-state index contributed by atoms with van der Waals surface area (Å²) in [7, 11) is 1.64. The average molecular weight is 428 g/mol. The molecule has 0 aliphatic heterocycles. The first-order chi connectivity index (χ1) is 15.6. The lowest BCUT2D eigenvalue weighted by atomic mass is 10.1. The van der Waals surface area contributed by atoms with Gasteiger partial charge in [0.1, 0.15) is 0 Å². The molecule has 0 saturated heterocycles. The van der Waals surface area contributed by atoms with Gasteiger partial charge >= 0.3 is 0 Å². The number of benzene rings is 3. The third-order valence-corrected chi connectivity index (χ3v) is 6.41. The number of aliphatic hydroxyl groups is 1. The van der Waals surface area contributed by atoms with Gasteiger partial charge in [0.25, 0.3) is 5.91 Å². The lowest BCUT2D eigenvalue weighted by Gasteiger charge is -2.26. The van der Waals surface area contributed by atoms with Crippen molar-refractivity contribution in [2.75, 3.05) is 13.6 Å². The summed E-state index contributed by atoms with van der Waals surface area (Å²) in [5.41, 5.74) is 4.15. The second kappa shape index (κ2) is 8.77. The summed E-state index contributed by atoms with van der Waals surface area (Å²) >= 11 is 0. The summed E-state index contributed by atoms with van der Waals surface area (Å²) in [5, 5.41) is 16.2. The van der Waals surface area contributed by atoms with Crippen LogP contribution in [0.5, 0.6) is 0 Å². The molecule has 1 atom stereocenters. The van der Waals surface area contributed by atoms with Crippen LogP contribution >= 0.6 is 0 Å². The van der Waals surface area contributed by atoms with Crippen molar-refractivity contribution < 1.29 is 9.90 Å². The molecule has 1 saturated carbocycles. The number of amides is 1. The largest absolute Gasteiger partial charge is 0.390 e. The molecular weight excluding hydrogens is 398 g/mol. The molecule has 1 aliphatic carbocycles. The van der Waals surface area contributed by atoms with Crippen LogP contribution in [0.25, 0.3) is 21.8 Å². The normalized spacial score (nSPS) is 14.8. The third-order valence-electron chi connectivity index (χ3n) is 6.41. The Hall–Kier alpha value is -3.15. The molecule has 0 unspecified atom stereocenters. The minimum Gasteiger partial charge on any atom is -0.390 e. The van der Waals surface area contributed by atoms with Gasteiger partial charge in [0.05, 0.1) is 12.6 Å². The molecule has 0 radical (unpaired) electrons. The second-order valence-corrected chi connectivity index (χ2v) is 8.74. The summed E-state index contributed by atoms with van der Waals surface area (Å²) in [6, 6.07) is 25.1. The van der Waals surface area contributed by atoms with Gasteiger partial charge in [-0.05, 0) is 42.7 Å². The van der Waals surface area contributed by atoms with E-state index in [2.05, 4.69) is 63.3 Å². The van der Waals surface area contributed by atoms with Crippen LogP contribution in [0.2, 0.25) is 0 Å². The van der Waals surface area contributed by atoms with Crippen molar-refractivity contribution in [3.05, 3.63) is 83.9 Å². The number of para-hydroxylation sites is 2. The standard InChI is InChI=1S/C27H29N3O2/c1-28-27(32)20-12-10-19(11-13-20)16-29(21-14-15-21)17-22(31)18-30-25-8-4-2-6-23(25)24-7-3-5-9-26(24)30/h2-13,21-22,31H,14-18H2,1H3,(H,28,32)/t22-/m1/s1. The van der Waals surface area contributed by atoms with Gasteiger partial charge in [0.15, 0.2) is 0 Å². The maximum atomic E-state index is 11.8. The molecule has 1 aliphatic rings. The first-order valence-electron chi connectivity index (χ1n) is 11.3. The van der Waals surface area contributed by atoms with Crippen LogP contribution in [0.1, 0.15) is 28.8 Å². The Kier molecular flexibility index (Phi) is 5.68. The van der Waals surface area contributed by atoms with Crippen molar-refractivity contribution in [2.24, 2.45) is 0 Å².